The third kappa shape index (κ3) is 4.04. The molecule has 1 amide bonds. The summed E-state index contributed by atoms with van der Waals surface area (Å²) in [4.78, 5) is 18.3. The highest BCUT2D eigenvalue weighted by Gasteiger charge is 2.20. The molecule has 0 aliphatic heterocycles. The fraction of sp³-hybridized carbons (Fsp3) is 0.667. The van der Waals surface area contributed by atoms with Crippen molar-refractivity contribution in [3.8, 4) is 0 Å². The molecule has 3 N–H and O–H groups in total. The Bertz CT molecular complexity index is 379. The van der Waals surface area contributed by atoms with Gasteiger partial charge in [-0.3, -0.25) is 4.79 Å². The lowest BCUT2D eigenvalue weighted by Gasteiger charge is -2.25. The summed E-state index contributed by atoms with van der Waals surface area (Å²) in [6, 6.07) is 0.101. The average molecular weight is 271 g/mol. The number of aromatic nitrogens is 1. The zero-order valence-electron chi connectivity index (χ0n) is 10.9. The number of carbonyl (C=O) groups is 1. The molecule has 0 bridgehead atoms. The Morgan fingerprint density at radius 3 is 2.89 bits per heavy atom. The van der Waals surface area contributed by atoms with E-state index >= 15 is 0 Å². The topological polar surface area (TPSA) is 79.5 Å². The van der Waals surface area contributed by atoms with Crippen LogP contribution in [-0.2, 0) is 6.42 Å². The minimum absolute atomic E-state index is 0.0713. The van der Waals surface area contributed by atoms with Crippen molar-refractivity contribution in [1.82, 2.24) is 9.88 Å². The zero-order chi connectivity index (χ0) is 13.5. The SMILES string of the molecule is CC(C)N(CCCO)C(=O)c1csc(CCN)n1. The molecule has 0 saturated heterocycles. The molecule has 0 unspecified atom stereocenters. The normalized spacial score (nSPS) is 10.9. The fourth-order valence-electron chi connectivity index (χ4n) is 1.63. The number of nitrogens with zero attached hydrogens (tertiary/aromatic N) is 2. The smallest absolute Gasteiger partial charge is 0.273 e. The van der Waals surface area contributed by atoms with Crippen LogP contribution in [-0.4, -0.2) is 46.6 Å². The maximum atomic E-state index is 12.3. The van der Waals surface area contributed by atoms with E-state index in [2.05, 4.69) is 4.98 Å². The second-order valence-corrected chi connectivity index (χ2v) is 5.28. The van der Waals surface area contributed by atoms with E-state index in [1.54, 1.807) is 10.3 Å². The van der Waals surface area contributed by atoms with Crippen molar-refractivity contribution in [2.45, 2.75) is 32.7 Å². The van der Waals surface area contributed by atoms with Crippen molar-refractivity contribution in [2.75, 3.05) is 19.7 Å². The Hall–Kier alpha value is -0.980. The summed E-state index contributed by atoms with van der Waals surface area (Å²) >= 11 is 1.47. The molecule has 102 valence electrons. The van der Waals surface area contributed by atoms with E-state index in [9.17, 15) is 4.79 Å². The molecule has 0 aromatic carbocycles. The lowest BCUT2D eigenvalue weighted by Crippen LogP contribution is -2.38. The molecular weight excluding hydrogens is 250 g/mol. The molecule has 6 heteroatoms. The first-order chi connectivity index (χ1) is 8.60. The van der Waals surface area contributed by atoms with Gasteiger partial charge in [-0.25, -0.2) is 4.98 Å². The Kier molecular flexibility index (Phi) is 6.24. The molecule has 0 fully saturated rings. The molecular formula is C12H21N3O2S. The van der Waals surface area contributed by atoms with Gasteiger partial charge in [-0.05, 0) is 26.8 Å². The summed E-state index contributed by atoms with van der Waals surface area (Å²) in [6.07, 6.45) is 1.29. The lowest BCUT2D eigenvalue weighted by molar-refractivity contribution is 0.0687. The van der Waals surface area contributed by atoms with Gasteiger partial charge in [0.15, 0.2) is 0 Å². The highest BCUT2D eigenvalue weighted by Crippen LogP contribution is 2.14. The number of hydrogen-bond donors (Lipinski definition) is 2. The second-order valence-electron chi connectivity index (χ2n) is 4.33. The summed E-state index contributed by atoms with van der Waals surface area (Å²) in [7, 11) is 0. The molecule has 0 atom stereocenters. The first-order valence-electron chi connectivity index (χ1n) is 6.16. The summed E-state index contributed by atoms with van der Waals surface area (Å²) in [5.41, 5.74) is 5.94. The summed E-state index contributed by atoms with van der Waals surface area (Å²) in [5.74, 6) is -0.0713. The van der Waals surface area contributed by atoms with Crippen LogP contribution >= 0.6 is 11.3 Å². The van der Waals surface area contributed by atoms with Crippen molar-refractivity contribution in [3.63, 3.8) is 0 Å². The van der Waals surface area contributed by atoms with E-state index in [4.69, 9.17) is 10.8 Å². The highest BCUT2D eigenvalue weighted by molar-refractivity contribution is 7.09. The van der Waals surface area contributed by atoms with Gasteiger partial charge in [0.25, 0.3) is 5.91 Å². The van der Waals surface area contributed by atoms with Gasteiger partial charge in [-0.15, -0.1) is 11.3 Å². The van der Waals surface area contributed by atoms with Crippen LogP contribution in [0.4, 0.5) is 0 Å². The van der Waals surface area contributed by atoms with Gasteiger partial charge in [0.05, 0.1) is 5.01 Å². The van der Waals surface area contributed by atoms with Crippen LogP contribution in [0.1, 0.15) is 35.8 Å². The predicted molar refractivity (Wildman–Crippen MR) is 72.7 cm³/mol. The number of nitrogens with two attached hydrogens (primary N) is 1. The minimum Gasteiger partial charge on any atom is -0.396 e. The third-order valence-corrected chi connectivity index (χ3v) is 3.48. The fourth-order valence-corrected chi connectivity index (χ4v) is 2.42. The largest absolute Gasteiger partial charge is 0.396 e. The van der Waals surface area contributed by atoms with E-state index in [0.717, 1.165) is 5.01 Å². The van der Waals surface area contributed by atoms with Crippen molar-refractivity contribution in [3.05, 3.63) is 16.1 Å². The molecule has 0 saturated carbocycles. The van der Waals surface area contributed by atoms with Gasteiger partial charge in [-0.2, -0.15) is 0 Å². The number of aliphatic hydroxyl groups excluding tert-OH is 1. The van der Waals surface area contributed by atoms with E-state index in [-0.39, 0.29) is 18.6 Å². The highest BCUT2D eigenvalue weighted by atomic mass is 32.1. The zero-order valence-corrected chi connectivity index (χ0v) is 11.7. The van der Waals surface area contributed by atoms with Crippen molar-refractivity contribution < 1.29 is 9.90 Å². The monoisotopic (exact) mass is 271 g/mol. The Morgan fingerprint density at radius 2 is 2.33 bits per heavy atom. The lowest BCUT2D eigenvalue weighted by atomic mass is 10.2. The molecule has 0 radical (unpaired) electrons. The van der Waals surface area contributed by atoms with Crippen LogP contribution in [0.5, 0.6) is 0 Å². The van der Waals surface area contributed by atoms with Gasteiger partial charge >= 0.3 is 0 Å². The molecule has 0 spiro atoms. The molecule has 1 heterocycles. The number of hydrogen-bond acceptors (Lipinski definition) is 5. The van der Waals surface area contributed by atoms with E-state index in [0.29, 0.717) is 31.6 Å². The number of carbonyl (C=O) groups excluding carboxylic acids is 1. The van der Waals surface area contributed by atoms with Crippen LogP contribution in [0.25, 0.3) is 0 Å². The Labute approximate surface area is 112 Å². The summed E-state index contributed by atoms with van der Waals surface area (Å²) in [5, 5.41) is 11.5. The van der Waals surface area contributed by atoms with Crippen molar-refractivity contribution >= 4 is 17.2 Å². The molecule has 1 aromatic heterocycles. The van der Waals surface area contributed by atoms with E-state index in [1.165, 1.54) is 11.3 Å². The standard InChI is InChI=1S/C12H21N3O2S/c1-9(2)15(6-3-7-16)12(17)10-8-18-11(14-10)4-5-13/h8-9,16H,3-7,13H2,1-2H3. The van der Waals surface area contributed by atoms with Crippen LogP contribution in [0, 0.1) is 0 Å². The molecule has 1 rings (SSSR count). The number of amides is 1. The quantitative estimate of drug-likeness (QED) is 0.771. The van der Waals surface area contributed by atoms with Gasteiger partial charge in [0, 0.05) is 31.0 Å². The van der Waals surface area contributed by atoms with Crippen LogP contribution in [0.15, 0.2) is 5.38 Å². The van der Waals surface area contributed by atoms with Gasteiger partial charge in [-0.1, -0.05) is 0 Å². The van der Waals surface area contributed by atoms with Gasteiger partial charge in [0.2, 0.25) is 0 Å². The molecule has 5 nitrogen and oxygen atoms in total. The maximum Gasteiger partial charge on any atom is 0.273 e. The molecule has 0 aliphatic rings. The van der Waals surface area contributed by atoms with Gasteiger partial charge in [0.1, 0.15) is 5.69 Å². The van der Waals surface area contributed by atoms with Crippen LogP contribution in [0.3, 0.4) is 0 Å². The number of thiazole rings is 1. The minimum atomic E-state index is -0.0713. The Balaban J connectivity index is 2.74. The summed E-state index contributed by atoms with van der Waals surface area (Å²) in [6.45, 7) is 5.10. The third-order valence-electron chi connectivity index (χ3n) is 2.57. The molecule has 1 aromatic rings. The number of rotatable bonds is 7. The predicted octanol–water partition coefficient (Wildman–Crippen LogP) is 0.877. The number of aliphatic hydroxyl groups is 1. The van der Waals surface area contributed by atoms with Crippen LogP contribution < -0.4 is 5.73 Å². The molecule has 0 aliphatic carbocycles. The first-order valence-corrected chi connectivity index (χ1v) is 7.04. The average Bonchev–Trinajstić information content (AvgIpc) is 2.78. The molecule has 18 heavy (non-hydrogen) atoms. The van der Waals surface area contributed by atoms with Crippen molar-refractivity contribution in [2.24, 2.45) is 5.73 Å². The first kappa shape index (κ1) is 15.1. The van der Waals surface area contributed by atoms with Gasteiger partial charge < -0.3 is 15.7 Å². The maximum absolute atomic E-state index is 12.3. The summed E-state index contributed by atoms with van der Waals surface area (Å²) < 4.78 is 0. The van der Waals surface area contributed by atoms with E-state index in [1.807, 2.05) is 13.8 Å². The van der Waals surface area contributed by atoms with Crippen LogP contribution in [0.2, 0.25) is 0 Å². The van der Waals surface area contributed by atoms with Crippen molar-refractivity contribution in [1.29, 1.82) is 0 Å². The van der Waals surface area contributed by atoms with E-state index < -0.39 is 0 Å². The Morgan fingerprint density at radius 1 is 1.61 bits per heavy atom. The second kappa shape index (κ2) is 7.45.